The molecule has 1 heterocycles. The van der Waals surface area contributed by atoms with Crippen LogP contribution >= 0.6 is 23.4 Å². The summed E-state index contributed by atoms with van der Waals surface area (Å²) in [6, 6.07) is 18.9. The summed E-state index contributed by atoms with van der Waals surface area (Å²) in [5.41, 5.74) is 2.71. The van der Waals surface area contributed by atoms with Crippen LogP contribution in [0.3, 0.4) is 0 Å². The normalized spacial score (nSPS) is 13.9. The Labute approximate surface area is 240 Å². The van der Waals surface area contributed by atoms with Crippen LogP contribution in [0, 0.1) is 6.92 Å². The van der Waals surface area contributed by atoms with Crippen molar-refractivity contribution in [3.05, 3.63) is 87.8 Å². The molecule has 1 aliphatic heterocycles. The van der Waals surface area contributed by atoms with Gasteiger partial charge in [-0.2, -0.15) is 0 Å². The molecule has 1 aliphatic rings. The van der Waals surface area contributed by atoms with Crippen molar-refractivity contribution < 1.29 is 28.7 Å². The molecule has 206 valence electrons. The number of benzene rings is 3. The topological polar surface area (TPSA) is 114 Å². The molecule has 4 amide bonds. The fourth-order valence-corrected chi connectivity index (χ4v) is 4.67. The van der Waals surface area contributed by atoms with Gasteiger partial charge in [0.2, 0.25) is 5.91 Å². The van der Waals surface area contributed by atoms with Crippen LogP contribution < -0.4 is 20.1 Å². The molecule has 3 aromatic carbocycles. The number of halogens is 1. The fourth-order valence-electron chi connectivity index (χ4n) is 3.71. The molecule has 0 atom stereocenters. The van der Waals surface area contributed by atoms with Crippen molar-refractivity contribution in [1.29, 1.82) is 0 Å². The van der Waals surface area contributed by atoms with Crippen LogP contribution in [0.5, 0.6) is 11.5 Å². The molecule has 0 saturated carbocycles. The maximum atomic E-state index is 12.9. The second-order valence-electron chi connectivity index (χ2n) is 8.61. The molecule has 0 radical (unpaired) electrons. The Kier molecular flexibility index (Phi) is 9.47. The molecule has 1 saturated heterocycles. The number of thioether (sulfide) groups is 1. The molecular formula is C29H26ClN3O6S. The van der Waals surface area contributed by atoms with Crippen molar-refractivity contribution in [2.45, 2.75) is 13.8 Å². The minimum absolute atomic E-state index is 0.165. The monoisotopic (exact) mass is 579 g/mol. The van der Waals surface area contributed by atoms with Gasteiger partial charge in [-0.05, 0) is 85.3 Å². The first-order chi connectivity index (χ1) is 19.2. The zero-order valence-electron chi connectivity index (χ0n) is 21.7. The molecule has 2 N–H and O–H groups in total. The van der Waals surface area contributed by atoms with Gasteiger partial charge in [0, 0.05) is 16.4 Å². The molecule has 9 nitrogen and oxygen atoms in total. The standard InChI is InChI=1S/C29H26ClN3O6S/c1-3-38-24-14-19(8-13-23(24)39-17-27(35)32-22-7-5-4-6-18(22)2)15-25-28(36)33(29(37)40-25)16-26(34)31-21-11-9-20(30)10-12-21/h4-15H,3,16-17H2,1-2H3,(H,31,34)(H,32,35)/b25-15-. The number of carbonyl (C=O) groups is 4. The van der Waals surface area contributed by atoms with E-state index in [2.05, 4.69) is 10.6 Å². The zero-order valence-corrected chi connectivity index (χ0v) is 23.3. The number of imide groups is 1. The van der Waals surface area contributed by atoms with E-state index in [1.165, 1.54) is 0 Å². The van der Waals surface area contributed by atoms with E-state index < -0.39 is 23.6 Å². The highest BCUT2D eigenvalue weighted by molar-refractivity contribution is 8.18. The van der Waals surface area contributed by atoms with Crippen LogP contribution in [0.25, 0.3) is 6.08 Å². The third kappa shape index (κ3) is 7.43. The Balaban J connectivity index is 1.40. The quantitative estimate of drug-likeness (QED) is 0.294. The number of aryl methyl sites for hydroxylation is 1. The Hall–Kier alpha value is -4.28. The molecule has 0 spiro atoms. The molecule has 4 rings (SSSR count). The van der Waals surface area contributed by atoms with Crippen molar-refractivity contribution in [2.75, 3.05) is 30.4 Å². The number of carbonyl (C=O) groups excluding carboxylic acids is 4. The van der Waals surface area contributed by atoms with E-state index in [9.17, 15) is 19.2 Å². The molecule has 0 aromatic heterocycles. The van der Waals surface area contributed by atoms with Crippen molar-refractivity contribution in [3.63, 3.8) is 0 Å². The van der Waals surface area contributed by atoms with E-state index in [-0.39, 0.29) is 17.4 Å². The lowest BCUT2D eigenvalue weighted by Gasteiger charge is -2.13. The molecule has 0 aliphatic carbocycles. The highest BCUT2D eigenvalue weighted by Crippen LogP contribution is 2.34. The highest BCUT2D eigenvalue weighted by Gasteiger charge is 2.36. The van der Waals surface area contributed by atoms with Crippen LogP contribution in [0.4, 0.5) is 16.2 Å². The number of hydrogen-bond donors (Lipinski definition) is 2. The van der Waals surface area contributed by atoms with Crippen LogP contribution in [-0.4, -0.2) is 47.6 Å². The number of para-hydroxylation sites is 1. The van der Waals surface area contributed by atoms with Crippen molar-refractivity contribution >= 4 is 63.8 Å². The number of hydrogen-bond acceptors (Lipinski definition) is 7. The molecule has 3 aromatic rings. The predicted molar refractivity (Wildman–Crippen MR) is 156 cm³/mol. The van der Waals surface area contributed by atoms with E-state index in [0.717, 1.165) is 22.2 Å². The van der Waals surface area contributed by atoms with E-state index in [1.54, 1.807) is 54.6 Å². The summed E-state index contributed by atoms with van der Waals surface area (Å²) >= 11 is 6.59. The molecule has 0 unspecified atom stereocenters. The lowest BCUT2D eigenvalue weighted by Crippen LogP contribution is -2.36. The van der Waals surface area contributed by atoms with Gasteiger partial charge in [-0.15, -0.1) is 0 Å². The fraction of sp³-hybridized carbons (Fsp3) is 0.172. The Morgan fingerprint density at radius 3 is 2.42 bits per heavy atom. The van der Waals surface area contributed by atoms with Gasteiger partial charge in [-0.3, -0.25) is 24.1 Å². The van der Waals surface area contributed by atoms with Crippen LogP contribution in [0.1, 0.15) is 18.1 Å². The van der Waals surface area contributed by atoms with Crippen LogP contribution in [0.2, 0.25) is 5.02 Å². The van der Waals surface area contributed by atoms with Gasteiger partial charge >= 0.3 is 0 Å². The average molecular weight is 580 g/mol. The van der Waals surface area contributed by atoms with Crippen LogP contribution in [-0.2, 0) is 14.4 Å². The van der Waals surface area contributed by atoms with E-state index in [0.29, 0.717) is 40.1 Å². The summed E-state index contributed by atoms with van der Waals surface area (Å²) in [5.74, 6) is -0.688. The zero-order chi connectivity index (χ0) is 28.6. The molecule has 11 heteroatoms. The number of nitrogens with one attached hydrogen (secondary N) is 2. The molecule has 1 fully saturated rings. The Bertz CT molecular complexity index is 1470. The average Bonchev–Trinajstić information content (AvgIpc) is 3.18. The second-order valence-corrected chi connectivity index (χ2v) is 10.0. The van der Waals surface area contributed by atoms with Crippen LogP contribution in [0.15, 0.2) is 71.6 Å². The Morgan fingerprint density at radius 2 is 1.70 bits per heavy atom. The van der Waals surface area contributed by atoms with E-state index >= 15 is 0 Å². The SMILES string of the molecule is CCOc1cc(/C=C2\SC(=O)N(CC(=O)Nc3ccc(Cl)cc3)C2=O)ccc1OCC(=O)Nc1ccccc1C. The largest absolute Gasteiger partial charge is 0.490 e. The van der Waals surface area contributed by atoms with Gasteiger partial charge in [-0.25, -0.2) is 0 Å². The maximum Gasteiger partial charge on any atom is 0.294 e. The second kappa shape index (κ2) is 13.2. The molecule has 0 bridgehead atoms. The number of ether oxygens (including phenoxy) is 2. The van der Waals surface area contributed by atoms with Gasteiger partial charge in [0.05, 0.1) is 11.5 Å². The smallest absolute Gasteiger partial charge is 0.294 e. The summed E-state index contributed by atoms with van der Waals surface area (Å²) in [4.78, 5) is 51.3. The minimum Gasteiger partial charge on any atom is -0.490 e. The third-order valence-electron chi connectivity index (χ3n) is 5.65. The predicted octanol–water partition coefficient (Wildman–Crippen LogP) is 5.74. The summed E-state index contributed by atoms with van der Waals surface area (Å²) in [6.45, 7) is 3.39. The lowest BCUT2D eigenvalue weighted by atomic mass is 10.2. The maximum absolute atomic E-state index is 12.9. The lowest BCUT2D eigenvalue weighted by molar-refractivity contribution is -0.127. The molecule has 40 heavy (non-hydrogen) atoms. The van der Waals surface area contributed by atoms with Gasteiger partial charge in [-0.1, -0.05) is 35.9 Å². The summed E-state index contributed by atoms with van der Waals surface area (Å²) < 4.78 is 11.4. The van der Waals surface area contributed by atoms with Gasteiger partial charge < -0.3 is 20.1 Å². The number of rotatable bonds is 10. The van der Waals surface area contributed by atoms with Crippen molar-refractivity contribution in [2.24, 2.45) is 0 Å². The number of amides is 4. The Morgan fingerprint density at radius 1 is 0.950 bits per heavy atom. The number of anilines is 2. The first-order valence-corrected chi connectivity index (χ1v) is 13.5. The summed E-state index contributed by atoms with van der Waals surface area (Å²) in [5, 5.41) is 5.41. The first-order valence-electron chi connectivity index (χ1n) is 12.3. The number of nitrogens with zero attached hydrogens (tertiary/aromatic N) is 1. The highest BCUT2D eigenvalue weighted by atomic mass is 35.5. The first kappa shape index (κ1) is 28.7. The van der Waals surface area contributed by atoms with E-state index in [1.807, 2.05) is 32.0 Å². The van der Waals surface area contributed by atoms with Crippen molar-refractivity contribution in [1.82, 2.24) is 4.90 Å². The minimum atomic E-state index is -0.576. The van der Waals surface area contributed by atoms with Gasteiger partial charge in [0.15, 0.2) is 18.1 Å². The van der Waals surface area contributed by atoms with Crippen molar-refractivity contribution in [3.8, 4) is 11.5 Å². The van der Waals surface area contributed by atoms with E-state index in [4.69, 9.17) is 21.1 Å². The summed E-state index contributed by atoms with van der Waals surface area (Å²) in [6.07, 6.45) is 1.54. The third-order valence-corrected chi connectivity index (χ3v) is 6.81. The molecular weight excluding hydrogens is 554 g/mol. The van der Waals surface area contributed by atoms with Gasteiger partial charge in [0.1, 0.15) is 6.54 Å². The van der Waals surface area contributed by atoms with Gasteiger partial charge in [0.25, 0.3) is 17.1 Å². The summed E-state index contributed by atoms with van der Waals surface area (Å²) in [7, 11) is 0.